The number of fused-ring (bicyclic) bond motifs is 3. The summed E-state index contributed by atoms with van der Waals surface area (Å²) in [5.41, 5.74) is 11.0. The van der Waals surface area contributed by atoms with Crippen LogP contribution in [0.3, 0.4) is 0 Å². The average Bonchev–Trinajstić information content (AvgIpc) is 3.50. The lowest BCUT2D eigenvalue weighted by Gasteiger charge is -2.12. The number of aromatic nitrogens is 3. The largest absolute Gasteiger partial charge is 0.399 e. The Bertz CT molecular complexity index is 1350. The first-order valence-electron chi connectivity index (χ1n) is 11.1. The lowest BCUT2D eigenvalue weighted by atomic mass is 10.1. The summed E-state index contributed by atoms with van der Waals surface area (Å²) in [4.78, 5) is 21.8. The molecule has 5 N–H and O–H groups in total. The number of hydrogen-bond donors (Lipinski definition) is 4. The lowest BCUT2D eigenvalue weighted by molar-refractivity contribution is 0.0951. The van der Waals surface area contributed by atoms with E-state index in [9.17, 15) is 4.79 Å². The van der Waals surface area contributed by atoms with Gasteiger partial charge in [-0.05, 0) is 56.0 Å². The van der Waals surface area contributed by atoms with Gasteiger partial charge in [-0.15, -0.1) is 0 Å². The zero-order chi connectivity index (χ0) is 22.9. The number of carbonyl (C=O) groups excluding carboxylic acids is 1. The second-order valence-electron chi connectivity index (χ2n) is 8.31. The van der Waals surface area contributed by atoms with Gasteiger partial charge in [0.25, 0.3) is 5.91 Å². The lowest BCUT2D eigenvalue weighted by Crippen LogP contribution is -2.25. The predicted octanol–water partition coefficient (Wildman–Crippen LogP) is 3.86. The number of amides is 1. The van der Waals surface area contributed by atoms with E-state index in [2.05, 4.69) is 15.6 Å². The fourth-order valence-corrected chi connectivity index (χ4v) is 4.13. The molecular weight excluding hydrogens is 440 g/mol. The van der Waals surface area contributed by atoms with Gasteiger partial charge in [-0.1, -0.05) is 17.7 Å². The second-order valence-corrected chi connectivity index (χ2v) is 8.72. The minimum Gasteiger partial charge on any atom is -0.399 e. The van der Waals surface area contributed by atoms with Crippen molar-refractivity contribution in [3.63, 3.8) is 0 Å². The summed E-state index contributed by atoms with van der Waals surface area (Å²) in [6, 6.07) is 11.3. The Morgan fingerprint density at radius 2 is 2.06 bits per heavy atom. The molecule has 1 fully saturated rings. The molecule has 0 atom stereocenters. The number of benzene rings is 2. The SMILES string of the molecule is Nc1ccc2c(c1)nc(NCCCCO)c1ncc(-c3ccc(C(=O)NC4CC4)c(Cl)c3)n12. The highest BCUT2D eigenvalue weighted by Gasteiger charge is 2.25. The Kier molecular flexibility index (Phi) is 5.78. The van der Waals surface area contributed by atoms with E-state index in [1.54, 1.807) is 18.3 Å². The highest BCUT2D eigenvalue weighted by atomic mass is 35.5. The summed E-state index contributed by atoms with van der Waals surface area (Å²) in [5, 5.41) is 15.8. The molecule has 1 aliphatic rings. The first-order chi connectivity index (χ1) is 16.0. The van der Waals surface area contributed by atoms with Crippen molar-refractivity contribution in [2.24, 2.45) is 0 Å². The minimum absolute atomic E-state index is 0.147. The highest BCUT2D eigenvalue weighted by Crippen LogP contribution is 2.32. The number of anilines is 2. The van der Waals surface area contributed by atoms with Crippen molar-refractivity contribution in [2.45, 2.75) is 31.7 Å². The Morgan fingerprint density at radius 3 is 2.82 bits per heavy atom. The van der Waals surface area contributed by atoms with Gasteiger partial charge in [-0.3, -0.25) is 9.20 Å². The third kappa shape index (κ3) is 4.31. The van der Waals surface area contributed by atoms with Crippen LogP contribution >= 0.6 is 11.6 Å². The number of aliphatic hydroxyl groups is 1. The smallest absolute Gasteiger partial charge is 0.253 e. The predicted molar refractivity (Wildman–Crippen MR) is 131 cm³/mol. The first-order valence-corrected chi connectivity index (χ1v) is 11.4. The van der Waals surface area contributed by atoms with Gasteiger partial charge < -0.3 is 21.5 Å². The van der Waals surface area contributed by atoms with Crippen molar-refractivity contribution in [2.75, 3.05) is 24.2 Å². The Hall–Kier alpha value is -3.36. The third-order valence-electron chi connectivity index (χ3n) is 5.75. The molecule has 0 saturated heterocycles. The quantitative estimate of drug-likeness (QED) is 0.232. The summed E-state index contributed by atoms with van der Waals surface area (Å²) in [7, 11) is 0. The van der Waals surface area contributed by atoms with Gasteiger partial charge in [-0.25, -0.2) is 9.97 Å². The number of rotatable bonds is 8. The minimum atomic E-state index is -0.147. The molecule has 2 heterocycles. The molecule has 0 radical (unpaired) electrons. The molecule has 8 nitrogen and oxygen atoms in total. The maximum atomic E-state index is 12.5. The number of carbonyl (C=O) groups is 1. The molecule has 33 heavy (non-hydrogen) atoms. The average molecular weight is 465 g/mol. The van der Waals surface area contributed by atoms with Crippen molar-refractivity contribution in [3.05, 3.63) is 53.2 Å². The second kappa shape index (κ2) is 8.88. The van der Waals surface area contributed by atoms with E-state index in [0.29, 0.717) is 40.7 Å². The molecule has 0 unspecified atom stereocenters. The van der Waals surface area contributed by atoms with Crippen LogP contribution < -0.4 is 16.4 Å². The summed E-state index contributed by atoms with van der Waals surface area (Å²) >= 11 is 6.51. The van der Waals surface area contributed by atoms with E-state index in [0.717, 1.165) is 41.6 Å². The van der Waals surface area contributed by atoms with E-state index in [4.69, 9.17) is 27.4 Å². The molecule has 0 spiro atoms. The summed E-state index contributed by atoms with van der Waals surface area (Å²) in [6.45, 7) is 0.817. The fraction of sp³-hybridized carbons (Fsp3) is 0.292. The van der Waals surface area contributed by atoms with Gasteiger partial charge in [0, 0.05) is 30.4 Å². The van der Waals surface area contributed by atoms with Crippen LogP contribution in [0.5, 0.6) is 0 Å². The molecule has 170 valence electrons. The van der Waals surface area contributed by atoms with Crippen molar-refractivity contribution >= 4 is 45.7 Å². The van der Waals surface area contributed by atoms with Crippen LogP contribution in [0.25, 0.3) is 27.9 Å². The fourth-order valence-electron chi connectivity index (χ4n) is 3.87. The summed E-state index contributed by atoms with van der Waals surface area (Å²) in [6.07, 6.45) is 5.34. The molecule has 0 bridgehead atoms. The molecule has 2 aromatic heterocycles. The van der Waals surface area contributed by atoms with E-state index in [1.165, 1.54) is 0 Å². The molecule has 5 rings (SSSR count). The van der Waals surface area contributed by atoms with Crippen molar-refractivity contribution in [1.29, 1.82) is 0 Å². The van der Waals surface area contributed by atoms with Crippen molar-refractivity contribution < 1.29 is 9.90 Å². The molecule has 0 aliphatic heterocycles. The van der Waals surface area contributed by atoms with E-state index < -0.39 is 0 Å². The first kappa shape index (κ1) is 21.5. The monoisotopic (exact) mass is 464 g/mol. The van der Waals surface area contributed by atoms with Gasteiger partial charge in [0.05, 0.1) is 33.5 Å². The maximum absolute atomic E-state index is 12.5. The number of nitrogens with one attached hydrogen (secondary N) is 2. The van der Waals surface area contributed by atoms with Crippen LogP contribution in [0.4, 0.5) is 11.5 Å². The number of nitrogens with zero attached hydrogens (tertiary/aromatic N) is 3. The number of hydrogen-bond acceptors (Lipinski definition) is 6. The zero-order valence-corrected chi connectivity index (χ0v) is 18.8. The topological polar surface area (TPSA) is 118 Å². The zero-order valence-electron chi connectivity index (χ0n) is 18.0. The molecule has 1 amide bonds. The van der Waals surface area contributed by atoms with Crippen LogP contribution in [0.1, 0.15) is 36.0 Å². The standard InChI is InChI=1S/C24H25ClN6O2/c25-18-11-14(3-7-17(18)24(33)29-16-5-6-16)21-13-28-23-22(27-9-1-2-10-32)30-19-12-15(26)4-8-20(19)31(21)23/h3-4,7-8,11-13,16,32H,1-2,5-6,9-10,26H2,(H,27,30)(H,29,33). The van der Waals surface area contributed by atoms with Crippen LogP contribution in [-0.2, 0) is 0 Å². The number of aliphatic hydroxyl groups excluding tert-OH is 1. The Morgan fingerprint density at radius 1 is 1.21 bits per heavy atom. The molecule has 1 saturated carbocycles. The van der Waals surface area contributed by atoms with Gasteiger partial charge >= 0.3 is 0 Å². The number of nitrogen functional groups attached to an aromatic ring is 1. The maximum Gasteiger partial charge on any atom is 0.253 e. The van der Waals surface area contributed by atoms with E-state index >= 15 is 0 Å². The van der Waals surface area contributed by atoms with Crippen LogP contribution in [0.2, 0.25) is 5.02 Å². The highest BCUT2D eigenvalue weighted by molar-refractivity contribution is 6.34. The molecular formula is C24H25ClN6O2. The van der Waals surface area contributed by atoms with Crippen molar-refractivity contribution in [1.82, 2.24) is 19.7 Å². The van der Waals surface area contributed by atoms with E-state index in [-0.39, 0.29) is 18.6 Å². The van der Waals surface area contributed by atoms with Gasteiger partial charge in [0.1, 0.15) is 0 Å². The Labute approximate surface area is 195 Å². The van der Waals surface area contributed by atoms with Crippen LogP contribution in [0, 0.1) is 0 Å². The van der Waals surface area contributed by atoms with Gasteiger partial charge in [-0.2, -0.15) is 0 Å². The number of nitrogens with two attached hydrogens (primary N) is 1. The number of imidazole rings is 1. The molecule has 2 aromatic carbocycles. The molecule has 9 heteroatoms. The summed E-state index contributed by atoms with van der Waals surface area (Å²) < 4.78 is 2.02. The molecule has 1 aliphatic carbocycles. The van der Waals surface area contributed by atoms with Crippen LogP contribution in [0.15, 0.2) is 42.6 Å². The van der Waals surface area contributed by atoms with Gasteiger partial charge in [0.15, 0.2) is 11.5 Å². The Balaban J connectivity index is 1.58. The molecule has 4 aromatic rings. The summed E-state index contributed by atoms with van der Waals surface area (Å²) in [5.74, 6) is 0.496. The van der Waals surface area contributed by atoms with Crippen LogP contribution in [-0.4, -0.2) is 44.6 Å². The normalized spacial score (nSPS) is 13.5. The van der Waals surface area contributed by atoms with Crippen molar-refractivity contribution in [3.8, 4) is 11.3 Å². The number of unbranched alkanes of at least 4 members (excludes halogenated alkanes) is 1. The third-order valence-corrected chi connectivity index (χ3v) is 6.06. The van der Waals surface area contributed by atoms with Gasteiger partial charge in [0.2, 0.25) is 0 Å². The number of halogens is 1. The van der Waals surface area contributed by atoms with E-state index in [1.807, 2.05) is 28.7 Å².